The van der Waals surface area contributed by atoms with E-state index in [-0.39, 0.29) is 96.8 Å². The first-order valence-electron chi connectivity index (χ1n) is 3.49. The topological polar surface area (TPSA) is 149 Å². The molecule has 1 N–H and O–H groups in total. The van der Waals surface area contributed by atoms with Crippen LogP contribution in [0.3, 0.4) is 0 Å². The molecule has 0 aromatic heterocycles. The molecule has 0 heterocycles. The fourth-order valence-electron chi connectivity index (χ4n) is 0.0772. The summed E-state index contributed by atoms with van der Waals surface area (Å²) in [6.45, 7) is -1.11. The number of halogens is 4. The summed E-state index contributed by atoms with van der Waals surface area (Å²) in [6, 6.07) is 0. The van der Waals surface area contributed by atoms with Gasteiger partial charge in [0.2, 0.25) is 5.97 Å². The molecule has 0 aliphatic rings. The summed E-state index contributed by atoms with van der Waals surface area (Å²) in [6.07, 6.45) is -4.26. The van der Waals surface area contributed by atoms with Gasteiger partial charge in [-0.1, -0.05) is 0 Å². The largest absolute Gasteiger partial charge is 1.00 e. The van der Waals surface area contributed by atoms with E-state index in [1.165, 1.54) is 0 Å². The minimum Gasteiger partial charge on any atom is -1.00 e. The van der Waals surface area contributed by atoms with Crippen molar-refractivity contribution in [2.45, 2.75) is 0 Å². The molecule has 0 rings (SSSR count). The molecule has 0 aromatic carbocycles. The molecule has 0 saturated heterocycles. The van der Waals surface area contributed by atoms with Crippen LogP contribution in [-0.4, -0.2) is 67.4 Å². The van der Waals surface area contributed by atoms with Gasteiger partial charge in [-0.15, -0.1) is 25.3 Å². The maximum absolute atomic E-state index is 10.9. The number of carbonyl (C=O) groups excluding carboxylic acids is 1. The molecule has 0 fully saturated rings. The first-order chi connectivity index (χ1) is 8.91. The Bertz CT molecular complexity index is 411. The SMILES string of the molecule is COC(=O)[C-](F)F.O=S(=O)=O.O=S(=O)=O.OC[C-](F)F.[AlH3].[H-].[Li+].[Na+].[Na+]. The molecule has 19 heteroatoms. The van der Waals surface area contributed by atoms with E-state index in [4.69, 9.17) is 30.4 Å². The monoisotopic (exact) mass is 434 g/mol. The predicted octanol–water partition coefficient (Wildman–Crippen LogP) is -11.1. The molecule has 0 aliphatic carbocycles. The molecule has 0 radical (unpaired) electrons. The third-order valence-electron chi connectivity index (χ3n) is 0.459. The van der Waals surface area contributed by atoms with E-state index < -0.39 is 46.6 Å². The zero-order valence-corrected chi connectivity index (χ0v) is 17.9. The smallest absolute Gasteiger partial charge is 1.00 e. The second-order valence-corrected chi connectivity index (χ2v) is 2.47. The molecular weight excluding hydrogens is 424 g/mol. The molecule has 0 unspecified atom stereocenters. The third-order valence-corrected chi connectivity index (χ3v) is 0.459. The Labute approximate surface area is 205 Å². The average molecular weight is 434 g/mol. The van der Waals surface area contributed by atoms with E-state index in [0.29, 0.717) is 0 Å². The summed E-state index contributed by atoms with van der Waals surface area (Å²) in [4.78, 5) is 9.50. The van der Waals surface area contributed by atoms with Crippen LogP contribution >= 0.6 is 0 Å². The number of ether oxygens (including phenoxy) is 1. The normalized spacial score (nSPS) is 6.29. The number of esters is 1. The molecule has 0 saturated carbocycles. The van der Waals surface area contributed by atoms with Crippen molar-refractivity contribution >= 4 is 44.5 Å². The second kappa shape index (κ2) is 39.5. The molecule has 0 aromatic rings. The zero-order valence-electron chi connectivity index (χ0n) is 13.2. The first kappa shape index (κ1) is 49.9. The Balaban J connectivity index is -0.0000000187. The standard InChI is InChI=1S/C3H3F2O2.C2H3F2O.Al.Li.2Na.2O3S.4H/c1-7-3(6)2(4)5;3-2(4)1-5;;;;;2*1-4(2)3;;;;/h1H3;5H,1H2;;;;;;;;;;/q2*-1;;3*+1;;;;;;-1. The number of carbonyl (C=O) groups is 1. The Morgan fingerprint density at radius 3 is 1.17 bits per heavy atom. The van der Waals surface area contributed by atoms with E-state index in [2.05, 4.69) is 4.74 Å². The summed E-state index contributed by atoms with van der Waals surface area (Å²) in [5, 5.41) is 7.36. The van der Waals surface area contributed by atoms with Gasteiger partial charge in [0.05, 0.1) is 7.11 Å². The van der Waals surface area contributed by atoms with Crippen molar-refractivity contribution in [2.75, 3.05) is 13.7 Å². The van der Waals surface area contributed by atoms with Gasteiger partial charge in [-0.2, -0.15) is 0 Å². The van der Waals surface area contributed by atoms with E-state index in [9.17, 15) is 22.4 Å². The third kappa shape index (κ3) is 133. The van der Waals surface area contributed by atoms with E-state index in [1.807, 2.05) is 0 Å². The van der Waals surface area contributed by atoms with Crippen LogP contribution in [0.4, 0.5) is 17.6 Å². The van der Waals surface area contributed by atoms with Crippen molar-refractivity contribution in [2.24, 2.45) is 0 Å². The van der Waals surface area contributed by atoms with Crippen LogP contribution in [-0.2, 0) is 30.7 Å². The summed E-state index contributed by atoms with van der Waals surface area (Å²) in [5.74, 6) is -1.57. The van der Waals surface area contributed by atoms with Gasteiger partial charge in [-0.25, -0.2) is 0 Å². The molecule has 0 aliphatic heterocycles. The van der Waals surface area contributed by atoms with Gasteiger partial charge < -0.3 is 28.8 Å². The maximum Gasteiger partial charge on any atom is 1.00 e. The van der Waals surface area contributed by atoms with Crippen molar-refractivity contribution in [3.8, 4) is 0 Å². The number of aliphatic hydroxyl groups is 1. The molecule has 24 heavy (non-hydrogen) atoms. The van der Waals surface area contributed by atoms with Gasteiger partial charge in [-0.3, -0.25) is 4.79 Å². The predicted molar refractivity (Wildman–Crippen MR) is 60.5 cm³/mol. The van der Waals surface area contributed by atoms with Crippen molar-refractivity contribution in [3.63, 3.8) is 0 Å². The van der Waals surface area contributed by atoms with Gasteiger partial charge >= 0.3 is 99.2 Å². The van der Waals surface area contributed by atoms with Crippen molar-refractivity contribution in [1.29, 1.82) is 0 Å². The molecule has 0 bridgehead atoms. The molecule has 130 valence electrons. The summed E-state index contributed by atoms with van der Waals surface area (Å²) < 4.78 is 96.9. The minimum atomic E-state index is -3.11. The molecule has 9 nitrogen and oxygen atoms in total. The van der Waals surface area contributed by atoms with E-state index >= 15 is 0 Å². The molecular formula is C5H10AlF4LiNa2O9S2. The average Bonchev–Trinajstić information content (AvgIpc) is 2.27. The Hall–Kier alpha value is 1.39. The van der Waals surface area contributed by atoms with Crippen molar-refractivity contribution in [1.82, 2.24) is 0 Å². The number of methoxy groups -OCH3 is 1. The minimum absolute atomic E-state index is 0. The summed E-state index contributed by atoms with van der Waals surface area (Å²) in [5.41, 5.74) is 0. The number of hydrogen-bond donors (Lipinski definition) is 1. The second-order valence-electron chi connectivity index (χ2n) is 1.66. The van der Waals surface area contributed by atoms with Crippen LogP contribution in [0, 0.1) is 12.9 Å². The number of aliphatic hydroxyl groups excluding tert-OH is 1. The number of hydrogen-bond acceptors (Lipinski definition) is 9. The van der Waals surface area contributed by atoms with Gasteiger partial charge in [0.15, 0.2) is 17.4 Å². The van der Waals surface area contributed by atoms with E-state index in [0.717, 1.165) is 7.11 Å². The van der Waals surface area contributed by atoms with Crippen molar-refractivity contribution in [3.05, 3.63) is 12.9 Å². The Kier molecular flexibility index (Phi) is 82.1. The molecule has 0 spiro atoms. The first-order valence-corrected chi connectivity index (χ1v) is 5.49. The fourth-order valence-corrected chi connectivity index (χ4v) is 0.0772. The van der Waals surface area contributed by atoms with E-state index in [1.54, 1.807) is 0 Å². The number of rotatable bonds is 2. The molecule has 0 amide bonds. The fraction of sp³-hybridized carbons (Fsp3) is 0.400. The van der Waals surface area contributed by atoms with Crippen LogP contribution in [0.1, 0.15) is 1.43 Å². The van der Waals surface area contributed by atoms with Crippen LogP contribution in [0.5, 0.6) is 0 Å². The van der Waals surface area contributed by atoms with Crippen molar-refractivity contribution < 1.29 is 137 Å². The van der Waals surface area contributed by atoms with Crippen LogP contribution < -0.4 is 78.0 Å². The van der Waals surface area contributed by atoms with Gasteiger partial charge in [-0.05, 0) is 6.61 Å². The van der Waals surface area contributed by atoms with Crippen LogP contribution in [0.25, 0.3) is 0 Å². The quantitative estimate of drug-likeness (QED) is 0.194. The zero-order chi connectivity index (χ0) is 17.3. The summed E-state index contributed by atoms with van der Waals surface area (Å²) >= 11 is 0. The summed E-state index contributed by atoms with van der Waals surface area (Å²) in [7, 11) is -5.33. The molecule has 0 atom stereocenters. The van der Waals surface area contributed by atoms with Crippen LogP contribution in [0.15, 0.2) is 0 Å². The Morgan fingerprint density at radius 2 is 1.17 bits per heavy atom. The van der Waals surface area contributed by atoms with Gasteiger partial charge in [0, 0.05) is 12.9 Å². The van der Waals surface area contributed by atoms with Crippen LogP contribution in [0.2, 0.25) is 0 Å². The maximum atomic E-state index is 10.9. The Morgan fingerprint density at radius 1 is 1.00 bits per heavy atom. The van der Waals surface area contributed by atoms with Gasteiger partial charge in [0.1, 0.15) is 0 Å². The van der Waals surface area contributed by atoms with Gasteiger partial charge in [0.25, 0.3) is 0 Å².